The Morgan fingerprint density at radius 2 is 0.833 bits per heavy atom. The fourth-order valence-corrected chi connectivity index (χ4v) is 1.38. The number of nitrogens with two attached hydrogens (primary N) is 1. The van der Waals surface area contributed by atoms with Crippen molar-refractivity contribution in [2.75, 3.05) is 0 Å². The molecule has 0 saturated heterocycles. The predicted octanol–water partition coefficient (Wildman–Crippen LogP) is 4.29. The van der Waals surface area contributed by atoms with Gasteiger partial charge in [-0.2, -0.15) is 0 Å². The van der Waals surface area contributed by atoms with E-state index in [2.05, 4.69) is 0 Å². The summed E-state index contributed by atoms with van der Waals surface area (Å²) in [4.78, 5) is 32.1. The predicted molar refractivity (Wildman–Crippen MR) is 103 cm³/mol. The molecule has 1 atom stereocenters. The Labute approximate surface area is 150 Å². The smallest absolute Gasteiger partial charge is 0.152 e. The third-order valence-corrected chi connectivity index (χ3v) is 3.57. The normalized spacial score (nSPS) is 11.9. The Hall–Kier alpha value is -1.03. The molecule has 0 aromatic heterocycles. The van der Waals surface area contributed by atoms with Gasteiger partial charge in [-0.05, 0) is 12.8 Å². The number of carbonyl (C=O) groups is 3. The number of carbonyl (C=O) groups excluding carboxylic acids is 3. The van der Waals surface area contributed by atoms with E-state index in [1.54, 1.807) is 6.92 Å². The van der Waals surface area contributed by atoms with Crippen molar-refractivity contribution in [2.24, 2.45) is 35.3 Å². The molecule has 0 aliphatic heterocycles. The van der Waals surface area contributed by atoms with Crippen molar-refractivity contribution in [3.05, 3.63) is 0 Å². The van der Waals surface area contributed by atoms with Crippen LogP contribution in [0.1, 0.15) is 76.2 Å². The highest BCUT2D eigenvalue weighted by Crippen LogP contribution is 2.05. The van der Waals surface area contributed by atoms with E-state index in [0.29, 0.717) is 5.78 Å². The monoisotopic (exact) mass is 343 g/mol. The van der Waals surface area contributed by atoms with Crippen molar-refractivity contribution in [1.29, 1.82) is 0 Å². The number of ketones is 3. The van der Waals surface area contributed by atoms with Crippen LogP contribution < -0.4 is 5.73 Å². The first-order valence-electron chi connectivity index (χ1n) is 9.00. The zero-order chi connectivity index (χ0) is 20.2. The number of rotatable bonds is 6. The van der Waals surface area contributed by atoms with Crippen LogP contribution in [-0.4, -0.2) is 23.4 Å². The molecule has 4 heteroatoms. The van der Waals surface area contributed by atoms with E-state index in [4.69, 9.17) is 5.73 Å². The Kier molecular flexibility index (Phi) is 16.6. The molecule has 0 aliphatic rings. The van der Waals surface area contributed by atoms with E-state index in [1.165, 1.54) is 0 Å². The summed E-state index contributed by atoms with van der Waals surface area (Å²) in [7, 11) is 0. The molecule has 0 radical (unpaired) electrons. The molecule has 0 spiro atoms. The summed E-state index contributed by atoms with van der Waals surface area (Å²) in [6, 6.07) is -0.278. The van der Waals surface area contributed by atoms with Crippen molar-refractivity contribution < 1.29 is 14.4 Å². The van der Waals surface area contributed by atoms with Crippen LogP contribution in [0.3, 0.4) is 0 Å². The van der Waals surface area contributed by atoms with Gasteiger partial charge in [-0.15, -0.1) is 0 Å². The lowest BCUT2D eigenvalue weighted by molar-refractivity contribution is -0.125. The number of hydrogen-bond donors (Lipinski definition) is 1. The summed E-state index contributed by atoms with van der Waals surface area (Å²) in [6.45, 7) is 20.8. The first kappa shape index (κ1) is 27.8. The van der Waals surface area contributed by atoms with Gasteiger partial charge in [0, 0.05) is 23.7 Å². The highest BCUT2D eigenvalue weighted by atomic mass is 16.1. The van der Waals surface area contributed by atoms with Crippen LogP contribution in [0.4, 0.5) is 0 Å². The Balaban J connectivity index is -0.000000285. The lowest BCUT2D eigenvalue weighted by Gasteiger charge is -2.15. The van der Waals surface area contributed by atoms with Crippen molar-refractivity contribution >= 4 is 17.3 Å². The van der Waals surface area contributed by atoms with Crippen LogP contribution in [0.5, 0.6) is 0 Å². The van der Waals surface area contributed by atoms with Crippen LogP contribution in [0.15, 0.2) is 0 Å². The number of Topliss-reactive ketones (excluding diaryl/α,β-unsaturated/α-hetero) is 3. The van der Waals surface area contributed by atoms with E-state index >= 15 is 0 Å². The van der Waals surface area contributed by atoms with Crippen LogP contribution in [0.25, 0.3) is 0 Å². The fraction of sp³-hybridized carbons (Fsp3) is 0.850. The van der Waals surface area contributed by atoms with Gasteiger partial charge in [-0.3, -0.25) is 14.4 Å². The molecular weight excluding hydrogens is 302 g/mol. The highest BCUT2D eigenvalue weighted by molar-refractivity contribution is 5.85. The van der Waals surface area contributed by atoms with Gasteiger partial charge in [0.05, 0.1) is 6.04 Å². The molecule has 0 aromatic rings. The van der Waals surface area contributed by atoms with Crippen molar-refractivity contribution in [3.63, 3.8) is 0 Å². The van der Waals surface area contributed by atoms with Gasteiger partial charge in [-0.25, -0.2) is 0 Å². The maximum atomic E-state index is 11.2. The van der Waals surface area contributed by atoms with E-state index in [-0.39, 0.29) is 47.2 Å². The molecule has 0 unspecified atom stereocenters. The second-order valence-electron chi connectivity index (χ2n) is 7.80. The average Bonchev–Trinajstić information content (AvgIpc) is 2.45. The quantitative estimate of drug-likeness (QED) is 0.780. The van der Waals surface area contributed by atoms with E-state index in [1.807, 2.05) is 69.2 Å². The first-order valence-corrected chi connectivity index (χ1v) is 9.00. The van der Waals surface area contributed by atoms with Crippen molar-refractivity contribution in [3.8, 4) is 0 Å². The van der Waals surface area contributed by atoms with Gasteiger partial charge < -0.3 is 5.73 Å². The fourth-order valence-electron chi connectivity index (χ4n) is 1.38. The van der Waals surface area contributed by atoms with E-state index in [0.717, 1.165) is 0 Å². The van der Waals surface area contributed by atoms with E-state index < -0.39 is 0 Å². The second kappa shape index (κ2) is 14.3. The van der Waals surface area contributed by atoms with Crippen LogP contribution in [0.2, 0.25) is 0 Å². The Bertz CT molecular complexity index is 359. The summed E-state index contributed by atoms with van der Waals surface area (Å²) < 4.78 is 0. The molecule has 0 heterocycles. The van der Waals surface area contributed by atoms with Gasteiger partial charge in [0.2, 0.25) is 0 Å². The maximum Gasteiger partial charge on any atom is 0.152 e. The first-order chi connectivity index (χ1) is 10.7. The molecule has 0 amide bonds. The largest absolute Gasteiger partial charge is 0.321 e. The third-order valence-electron chi connectivity index (χ3n) is 3.57. The minimum absolute atomic E-state index is 0.0670. The van der Waals surface area contributed by atoms with Gasteiger partial charge in [0.15, 0.2) is 5.78 Å². The average molecular weight is 344 g/mol. The topological polar surface area (TPSA) is 77.2 Å². The van der Waals surface area contributed by atoms with Crippen molar-refractivity contribution in [2.45, 2.75) is 82.2 Å². The van der Waals surface area contributed by atoms with Crippen LogP contribution in [0, 0.1) is 29.6 Å². The van der Waals surface area contributed by atoms with Gasteiger partial charge in [0.1, 0.15) is 11.6 Å². The molecule has 2 N–H and O–H groups in total. The molecule has 0 aromatic carbocycles. The summed E-state index contributed by atoms with van der Waals surface area (Å²) in [5.74, 6) is 1.72. The molecule has 4 nitrogen and oxygen atoms in total. The summed E-state index contributed by atoms with van der Waals surface area (Å²) in [6.07, 6.45) is 0. The summed E-state index contributed by atoms with van der Waals surface area (Å²) in [5.41, 5.74) is 5.61. The molecular formula is C20H41NO3. The molecule has 0 fully saturated rings. The zero-order valence-corrected chi connectivity index (χ0v) is 17.8. The van der Waals surface area contributed by atoms with E-state index in [9.17, 15) is 14.4 Å². The Morgan fingerprint density at radius 3 is 0.875 bits per heavy atom. The standard InChI is InChI=1S/C8H17NO.C7H14O.C5H10O/c1-5(2)7(9)8(10)6(3)4;1-5(2)7(8)6(3)4;1-4(2)5(3)6/h5-7H,9H2,1-4H3;5-6H,1-4H3;4H,1-3H3/t7-;;/m1../s1. The summed E-state index contributed by atoms with van der Waals surface area (Å²) in [5, 5.41) is 0. The third kappa shape index (κ3) is 15.9. The van der Waals surface area contributed by atoms with Gasteiger partial charge in [0.25, 0.3) is 0 Å². The lowest BCUT2D eigenvalue weighted by Crippen LogP contribution is -2.38. The van der Waals surface area contributed by atoms with Gasteiger partial charge in [-0.1, -0.05) is 69.2 Å². The number of hydrogen-bond acceptors (Lipinski definition) is 4. The molecule has 24 heavy (non-hydrogen) atoms. The molecule has 0 aliphatic carbocycles. The SMILES string of the molecule is CC(=O)C(C)C.CC(C)C(=O)C(C)C.CC(C)C(=O)[C@H](N)C(C)C. The van der Waals surface area contributed by atoms with Crippen LogP contribution in [-0.2, 0) is 14.4 Å². The van der Waals surface area contributed by atoms with Gasteiger partial charge >= 0.3 is 0 Å². The maximum absolute atomic E-state index is 11.2. The second-order valence-corrected chi connectivity index (χ2v) is 7.80. The highest BCUT2D eigenvalue weighted by Gasteiger charge is 2.19. The summed E-state index contributed by atoms with van der Waals surface area (Å²) >= 11 is 0. The van der Waals surface area contributed by atoms with Crippen molar-refractivity contribution in [1.82, 2.24) is 0 Å². The minimum Gasteiger partial charge on any atom is -0.321 e. The molecule has 0 saturated carbocycles. The lowest BCUT2D eigenvalue weighted by atomic mass is 9.94. The zero-order valence-electron chi connectivity index (χ0n) is 17.8. The Morgan fingerprint density at radius 1 is 0.583 bits per heavy atom. The molecule has 144 valence electrons. The minimum atomic E-state index is -0.278. The molecule has 0 rings (SSSR count). The van der Waals surface area contributed by atoms with Crippen LogP contribution >= 0.6 is 0 Å². The molecule has 0 bridgehead atoms.